The molecule has 0 fully saturated rings. The normalized spacial score (nSPS) is 12.6. The van der Waals surface area contributed by atoms with Gasteiger partial charge in [-0.1, -0.05) is 11.6 Å². The first-order valence-corrected chi connectivity index (χ1v) is 7.65. The standard InChI is InChI=1S/C15H10ClF6N5/c1-26(2)13-11-8(25-27(13)10-4-3-7(16)6-23-10)5-9(14(17,18)19)24-12(11)15(20,21)22/h3-6H,1-2H3. The number of aromatic nitrogens is 4. The molecule has 0 saturated heterocycles. The van der Waals surface area contributed by atoms with E-state index >= 15 is 0 Å². The first kappa shape index (κ1) is 19.2. The van der Waals surface area contributed by atoms with Crippen molar-refractivity contribution in [2.45, 2.75) is 12.4 Å². The van der Waals surface area contributed by atoms with E-state index in [1.807, 2.05) is 0 Å². The molecule has 0 aromatic carbocycles. The molecule has 0 N–H and O–H groups in total. The second kappa shape index (κ2) is 6.25. The maximum absolute atomic E-state index is 13.5. The second-order valence-corrected chi connectivity index (χ2v) is 6.15. The average molecular weight is 410 g/mol. The summed E-state index contributed by atoms with van der Waals surface area (Å²) in [5, 5.41) is 3.63. The Bertz CT molecular complexity index is 991. The molecule has 0 bridgehead atoms. The molecule has 0 aliphatic heterocycles. The van der Waals surface area contributed by atoms with Crippen LogP contribution >= 0.6 is 11.6 Å². The van der Waals surface area contributed by atoms with E-state index < -0.39 is 34.6 Å². The molecule has 3 aromatic rings. The zero-order valence-electron chi connectivity index (χ0n) is 13.7. The Balaban J connectivity index is 2.43. The summed E-state index contributed by atoms with van der Waals surface area (Å²) >= 11 is 5.75. The third kappa shape index (κ3) is 3.51. The van der Waals surface area contributed by atoms with Crippen molar-refractivity contribution in [2.75, 3.05) is 19.0 Å². The van der Waals surface area contributed by atoms with Gasteiger partial charge >= 0.3 is 12.4 Å². The van der Waals surface area contributed by atoms with E-state index in [0.29, 0.717) is 6.07 Å². The summed E-state index contributed by atoms with van der Waals surface area (Å²) in [5.41, 5.74) is -3.86. The smallest absolute Gasteiger partial charge is 0.362 e. The molecule has 27 heavy (non-hydrogen) atoms. The van der Waals surface area contributed by atoms with Crippen LogP contribution in [0.1, 0.15) is 11.4 Å². The Morgan fingerprint density at radius 1 is 1.04 bits per heavy atom. The molecule has 0 aliphatic carbocycles. The van der Waals surface area contributed by atoms with Gasteiger partial charge in [0.1, 0.15) is 11.5 Å². The lowest BCUT2D eigenvalue weighted by Crippen LogP contribution is -2.18. The molecule has 3 rings (SSSR count). The van der Waals surface area contributed by atoms with Crippen molar-refractivity contribution in [3.8, 4) is 5.82 Å². The highest BCUT2D eigenvalue weighted by Gasteiger charge is 2.42. The van der Waals surface area contributed by atoms with Gasteiger partial charge in [0.25, 0.3) is 0 Å². The molecule has 0 unspecified atom stereocenters. The van der Waals surface area contributed by atoms with Crippen LogP contribution in [0.2, 0.25) is 5.02 Å². The quantitative estimate of drug-likeness (QED) is 0.582. The maximum Gasteiger partial charge on any atom is 0.434 e. The fourth-order valence-corrected chi connectivity index (χ4v) is 2.62. The molecule has 3 aromatic heterocycles. The van der Waals surface area contributed by atoms with Crippen LogP contribution in [0.15, 0.2) is 24.4 Å². The number of halogens is 7. The van der Waals surface area contributed by atoms with Crippen molar-refractivity contribution in [2.24, 2.45) is 0 Å². The summed E-state index contributed by atoms with van der Waals surface area (Å²) in [4.78, 5) is 8.09. The third-order valence-corrected chi connectivity index (χ3v) is 3.77. The van der Waals surface area contributed by atoms with Gasteiger partial charge in [-0.15, -0.1) is 0 Å². The minimum Gasteiger partial charge on any atom is -0.362 e. The Kier molecular flexibility index (Phi) is 4.45. The minimum absolute atomic E-state index is 0.0842. The van der Waals surface area contributed by atoms with Crippen LogP contribution in [0.4, 0.5) is 32.2 Å². The van der Waals surface area contributed by atoms with Crippen LogP contribution < -0.4 is 4.90 Å². The number of hydrogen-bond acceptors (Lipinski definition) is 4. The molecule has 0 atom stereocenters. The molecule has 3 heterocycles. The van der Waals surface area contributed by atoms with Crippen molar-refractivity contribution >= 4 is 28.3 Å². The molecule has 0 amide bonds. The Morgan fingerprint density at radius 2 is 1.70 bits per heavy atom. The van der Waals surface area contributed by atoms with Crippen LogP contribution in [0.3, 0.4) is 0 Å². The molecular formula is C15H10ClF6N5. The van der Waals surface area contributed by atoms with Gasteiger partial charge in [-0.3, -0.25) is 0 Å². The molecular weight excluding hydrogens is 400 g/mol. The maximum atomic E-state index is 13.5. The fraction of sp³-hybridized carbons (Fsp3) is 0.267. The van der Waals surface area contributed by atoms with Gasteiger partial charge in [0.15, 0.2) is 11.5 Å². The predicted octanol–water partition coefficient (Wildman–Crippen LogP) is 4.57. The third-order valence-electron chi connectivity index (χ3n) is 3.54. The van der Waals surface area contributed by atoms with E-state index in [0.717, 1.165) is 4.68 Å². The second-order valence-electron chi connectivity index (χ2n) is 5.71. The number of anilines is 1. The van der Waals surface area contributed by atoms with Crippen LogP contribution in [0.5, 0.6) is 0 Å². The van der Waals surface area contributed by atoms with Gasteiger partial charge in [0.05, 0.1) is 15.9 Å². The molecule has 0 radical (unpaired) electrons. The van der Waals surface area contributed by atoms with Crippen LogP contribution in [0, 0.1) is 0 Å². The van der Waals surface area contributed by atoms with Gasteiger partial charge in [-0.05, 0) is 18.2 Å². The first-order chi connectivity index (χ1) is 12.4. The largest absolute Gasteiger partial charge is 0.434 e. The summed E-state index contributed by atoms with van der Waals surface area (Å²) in [6.07, 6.45) is -8.94. The van der Waals surface area contributed by atoms with E-state index in [9.17, 15) is 26.3 Å². The highest BCUT2D eigenvalue weighted by atomic mass is 35.5. The summed E-state index contributed by atoms with van der Waals surface area (Å²) in [7, 11) is 2.86. The number of alkyl halides is 6. The fourth-order valence-electron chi connectivity index (χ4n) is 2.51. The van der Waals surface area contributed by atoms with Gasteiger partial charge in [0, 0.05) is 20.3 Å². The van der Waals surface area contributed by atoms with E-state index in [-0.39, 0.29) is 16.7 Å². The summed E-state index contributed by atoms with van der Waals surface area (Å²) < 4.78 is 80.5. The van der Waals surface area contributed by atoms with E-state index in [2.05, 4.69) is 15.1 Å². The highest BCUT2D eigenvalue weighted by molar-refractivity contribution is 6.30. The van der Waals surface area contributed by atoms with Crippen molar-refractivity contribution in [1.82, 2.24) is 19.7 Å². The van der Waals surface area contributed by atoms with E-state index in [4.69, 9.17) is 11.6 Å². The average Bonchev–Trinajstić information content (AvgIpc) is 2.92. The molecule has 0 aliphatic rings. The molecule has 12 heteroatoms. The summed E-state index contributed by atoms with van der Waals surface area (Å²) in [5.74, 6) is -0.0330. The van der Waals surface area contributed by atoms with E-state index in [1.165, 1.54) is 37.3 Å². The SMILES string of the molecule is CN(C)c1c2c(C(F)(F)F)nc(C(F)(F)F)cc2nn1-c1ccc(Cl)cn1. The Labute approximate surface area is 153 Å². The lowest BCUT2D eigenvalue weighted by molar-refractivity contribution is -0.149. The number of pyridine rings is 2. The molecule has 5 nitrogen and oxygen atoms in total. The topological polar surface area (TPSA) is 46.8 Å². The number of fused-ring (bicyclic) bond motifs is 1. The predicted molar refractivity (Wildman–Crippen MR) is 86.0 cm³/mol. The molecule has 0 saturated carbocycles. The number of hydrogen-bond donors (Lipinski definition) is 0. The molecule has 144 valence electrons. The van der Waals surface area contributed by atoms with Crippen LogP contribution in [-0.2, 0) is 12.4 Å². The zero-order chi connectivity index (χ0) is 20.1. The Hall–Kier alpha value is -2.56. The van der Waals surface area contributed by atoms with Gasteiger partial charge < -0.3 is 4.90 Å². The molecule has 0 spiro atoms. The number of rotatable bonds is 2. The highest BCUT2D eigenvalue weighted by Crippen LogP contribution is 2.41. The zero-order valence-corrected chi connectivity index (χ0v) is 14.4. The van der Waals surface area contributed by atoms with Crippen molar-refractivity contribution < 1.29 is 26.3 Å². The van der Waals surface area contributed by atoms with Crippen molar-refractivity contribution in [3.05, 3.63) is 40.8 Å². The van der Waals surface area contributed by atoms with Gasteiger partial charge in [0.2, 0.25) is 0 Å². The van der Waals surface area contributed by atoms with Crippen molar-refractivity contribution in [1.29, 1.82) is 0 Å². The lowest BCUT2D eigenvalue weighted by Gasteiger charge is -2.17. The monoisotopic (exact) mass is 409 g/mol. The first-order valence-electron chi connectivity index (χ1n) is 7.27. The van der Waals surface area contributed by atoms with Crippen LogP contribution in [0.25, 0.3) is 16.7 Å². The van der Waals surface area contributed by atoms with Crippen LogP contribution in [-0.4, -0.2) is 33.8 Å². The number of nitrogens with zero attached hydrogens (tertiary/aromatic N) is 5. The minimum atomic E-state index is -5.12. The van der Waals surface area contributed by atoms with E-state index in [1.54, 1.807) is 0 Å². The summed E-state index contributed by atoms with van der Waals surface area (Å²) in [6.45, 7) is 0. The lowest BCUT2D eigenvalue weighted by atomic mass is 10.2. The van der Waals surface area contributed by atoms with Gasteiger partial charge in [-0.2, -0.15) is 36.1 Å². The van der Waals surface area contributed by atoms with Crippen molar-refractivity contribution in [3.63, 3.8) is 0 Å². The summed E-state index contributed by atoms with van der Waals surface area (Å²) in [6, 6.07) is 3.29. The van der Waals surface area contributed by atoms with Gasteiger partial charge in [-0.25, -0.2) is 9.97 Å². The Morgan fingerprint density at radius 3 is 2.19 bits per heavy atom.